The zero-order valence-electron chi connectivity index (χ0n) is 24.8. The van der Waals surface area contributed by atoms with E-state index in [0.717, 1.165) is 0 Å². The lowest BCUT2D eigenvalue weighted by Crippen LogP contribution is -2.23. The van der Waals surface area contributed by atoms with Gasteiger partial charge in [0.15, 0.2) is 0 Å². The SMILES string of the molecule is C=C(C)C(=O)OCc1cc(C)c(C(=O)P(=O)(C(=O)c2c(C)cc(COC(=O)C(=C)C)cc2C)c2ccccc2)c(C)c1. The van der Waals surface area contributed by atoms with Crippen LogP contribution in [0.4, 0.5) is 0 Å². The van der Waals surface area contributed by atoms with Gasteiger partial charge in [0.05, 0.1) is 0 Å². The molecule has 0 radical (unpaired) electrons. The first kappa shape index (κ1) is 32.2. The van der Waals surface area contributed by atoms with Crippen LogP contribution in [0.25, 0.3) is 0 Å². The van der Waals surface area contributed by atoms with E-state index in [1.54, 1.807) is 84.0 Å². The third kappa shape index (κ3) is 6.75. The summed E-state index contributed by atoms with van der Waals surface area (Å²) in [6, 6.07) is 14.8. The fourth-order valence-electron chi connectivity index (χ4n) is 4.77. The normalized spacial score (nSPS) is 11.0. The molecular formula is C34H35O7P. The Labute approximate surface area is 246 Å². The molecule has 0 spiro atoms. The van der Waals surface area contributed by atoms with E-state index in [1.165, 1.54) is 12.1 Å². The maximum Gasteiger partial charge on any atom is 0.333 e. The summed E-state index contributed by atoms with van der Waals surface area (Å²) in [6.07, 6.45) is 0. The topological polar surface area (TPSA) is 104 Å². The van der Waals surface area contributed by atoms with Gasteiger partial charge >= 0.3 is 11.9 Å². The van der Waals surface area contributed by atoms with Crippen LogP contribution in [0.1, 0.15) is 67.9 Å². The number of hydrogen-bond acceptors (Lipinski definition) is 7. The lowest BCUT2D eigenvalue weighted by Gasteiger charge is -2.21. The minimum Gasteiger partial charge on any atom is -0.457 e. The maximum absolute atomic E-state index is 14.9. The minimum absolute atomic E-state index is 0.0243. The van der Waals surface area contributed by atoms with Crippen molar-refractivity contribution in [1.29, 1.82) is 0 Å². The molecule has 0 amide bonds. The van der Waals surface area contributed by atoms with Gasteiger partial charge in [-0.15, -0.1) is 0 Å². The highest BCUT2D eigenvalue weighted by molar-refractivity contribution is 8.01. The number of esters is 2. The fourth-order valence-corrected chi connectivity index (χ4v) is 7.35. The van der Waals surface area contributed by atoms with Gasteiger partial charge in [-0.2, -0.15) is 0 Å². The minimum atomic E-state index is -4.40. The molecule has 0 unspecified atom stereocenters. The van der Waals surface area contributed by atoms with Gasteiger partial charge in [-0.3, -0.25) is 9.59 Å². The number of carbonyl (C=O) groups is 4. The van der Waals surface area contributed by atoms with Crippen molar-refractivity contribution in [3.8, 4) is 0 Å². The van der Waals surface area contributed by atoms with Crippen molar-refractivity contribution in [1.82, 2.24) is 0 Å². The van der Waals surface area contributed by atoms with Crippen LogP contribution in [0.3, 0.4) is 0 Å². The Kier molecular flexibility index (Phi) is 10.0. The van der Waals surface area contributed by atoms with Crippen molar-refractivity contribution in [2.24, 2.45) is 0 Å². The third-order valence-corrected chi connectivity index (χ3v) is 9.36. The average molecular weight is 587 g/mol. The van der Waals surface area contributed by atoms with E-state index < -0.39 is 30.1 Å². The van der Waals surface area contributed by atoms with Crippen molar-refractivity contribution in [3.63, 3.8) is 0 Å². The van der Waals surface area contributed by atoms with Crippen molar-refractivity contribution < 1.29 is 33.2 Å². The molecule has 0 saturated heterocycles. The number of carbonyl (C=O) groups excluding carboxylic acids is 4. The highest BCUT2D eigenvalue weighted by atomic mass is 31.2. The Morgan fingerprint density at radius 3 is 1.29 bits per heavy atom. The molecule has 3 aromatic carbocycles. The van der Waals surface area contributed by atoms with Gasteiger partial charge in [-0.25, -0.2) is 9.59 Å². The van der Waals surface area contributed by atoms with E-state index in [2.05, 4.69) is 13.2 Å². The summed E-state index contributed by atoms with van der Waals surface area (Å²) >= 11 is 0. The molecule has 0 N–H and O–H groups in total. The molecule has 0 aliphatic rings. The predicted molar refractivity (Wildman–Crippen MR) is 163 cm³/mol. The molecule has 3 rings (SSSR count). The van der Waals surface area contributed by atoms with Crippen LogP contribution in [0.15, 0.2) is 78.9 Å². The monoisotopic (exact) mass is 586 g/mol. The first-order valence-electron chi connectivity index (χ1n) is 13.3. The molecule has 0 saturated carbocycles. The van der Waals surface area contributed by atoms with Crippen LogP contribution in [-0.4, -0.2) is 23.0 Å². The second-order valence-corrected chi connectivity index (χ2v) is 13.0. The summed E-state index contributed by atoms with van der Waals surface area (Å²) in [4.78, 5) is 52.3. The maximum atomic E-state index is 14.9. The first-order valence-corrected chi connectivity index (χ1v) is 15.0. The molecule has 0 atom stereocenters. The van der Waals surface area contributed by atoms with Crippen molar-refractivity contribution >= 4 is 35.4 Å². The Morgan fingerprint density at radius 1 is 0.643 bits per heavy atom. The lowest BCUT2D eigenvalue weighted by atomic mass is 10.0. The van der Waals surface area contributed by atoms with Crippen LogP contribution < -0.4 is 5.30 Å². The molecule has 218 valence electrons. The summed E-state index contributed by atoms with van der Waals surface area (Å²) in [5, 5.41) is 0.136. The van der Waals surface area contributed by atoms with Gasteiger partial charge in [-0.1, -0.05) is 67.8 Å². The summed E-state index contributed by atoms with van der Waals surface area (Å²) in [5.74, 6) is -1.06. The summed E-state index contributed by atoms with van der Waals surface area (Å²) in [6.45, 7) is 17.0. The van der Waals surface area contributed by atoms with E-state index in [0.29, 0.717) is 33.4 Å². The second kappa shape index (κ2) is 13.1. The van der Waals surface area contributed by atoms with Crippen molar-refractivity contribution in [3.05, 3.63) is 123 Å². The van der Waals surface area contributed by atoms with Crippen LogP contribution in [-0.2, 0) is 36.8 Å². The first-order chi connectivity index (χ1) is 19.7. The summed E-state index contributed by atoms with van der Waals surface area (Å²) in [5.41, 5.74) is 2.69. The average Bonchev–Trinajstić information content (AvgIpc) is 2.93. The van der Waals surface area contributed by atoms with Gasteiger partial charge < -0.3 is 14.0 Å². The van der Waals surface area contributed by atoms with Gasteiger partial charge in [-0.05, 0) is 74.9 Å². The number of rotatable bonds is 11. The highest BCUT2D eigenvalue weighted by Crippen LogP contribution is 2.52. The van der Waals surface area contributed by atoms with E-state index >= 15 is 0 Å². The van der Waals surface area contributed by atoms with Gasteiger partial charge in [0, 0.05) is 27.6 Å². The van der Waals surface area contributed by atoms with Crippen LogP contribution in [0.5, 0.6) is 0 Å². The molecule has 0 bridgehead atoms. The van der Waals surface area contributed by atoms with Crippen LogP contribution in [0.2, 0.25) is 0 Å². The fraction of sp³-hybridized carbons (Fsp3) is 0.235. The largest absolute Gasteiger partial charge is 0.457 e. The molecule has 42 heavy (non-hydrogen) atoms. The molecule has 3 aromatic rings. The number of hydrogen-bond donors (Lipinski definition) is 0. The summed E-state index contributed by atoms with van der Waals surface area (Å²) < 4.78 is 25.4. The van der Waals surface area contributed by atoms with Gasteiger partial charge in [0.25, 0.3) is 0 Å². The number of aryl methyl sites for hydroxylation is 4. The van der Waals surface area contributed by atoms with Gasteiger partial charge in [0.1, 0.15) is 13.2 Å². The Hall–Kier alpha value is -4.35. The number of benzene rings is 3. The van der Waals surface area contributed by atoms with E-state index in [-0.39, 0.29) is 40.8 Å². The van der Waals surface area contributed by atoms with Crippen molar-refractivity contribution in [2.75, 3.05) is 0 Å². The lowest BCUT2D eigenvalue weighted by molar-refractivity contribution is -0.141. The third-order valence-electron chi connectivity index (χ3n) is 6.74. The molecule has 0 fully saturated rings. The zero-order valence-corrected chi connectivity index (χ0v) is 25.7. The van der Waals surface area contributed by atoms with Crippen LogP contribution in [0, 0.1) is 27.7 Å². The van der Waals surface area contributed by atoms with Crippen LogP contribution >= 0.6 is 7.14 Å². The molecule has 0 heterocycles. The molecule has 0 aliphatic heterocycles. The van der Waals surface area contributed by atoms with E-state index in [4.69, 9.17) is 9.47 Å². The number of ether oxygens (including phenoxy) is 2. The van der Waals surface area contributed by atoms with E-state index in [9.17, 15) is 23.7 Å². The molecule has 8 heteroatoms. The summed E-state index contributed by atoms with van der Waals surface area (Å²) in [7, 11) is -4.40. The highest BCUT2D eigenvalue weighted by Gasteiger charge is 2.44. The van der Waals surface area contributed by atoms with E-state index in [1.807, 2.05) is 0 Å². The molecular weight excluding hydrogens is 551 g/mol. The molecule has 7 nitrogen and oxygen atoms in total. The smallest absolute Gasteiger partial charge is 0.333 e. The molecule has 0 aliphatic carbocycles. The standard InChI is InChI=1S/C34H35O7P/c1-20(2)31(35)40-18-26-14-22(5)29(23(6)15-26)33(37)42(39,28-12-10-9-11-13-28)34(38)30-24(7)16-27(17-25(30)8)19-41-32(36)21(3)4/h9-17H,1,3,18-19H2,2,4-8H3. The quantitative estimate of drug-likeness (QED) is 0.138. The zero-order chi connectivity index (χ0) is 31.4. The Balaban J connectivity index is 2.08. The predicted octanol–water partition coefficient (Wildman–Crippen LogP) is 6.83. The Bertz CT molecular complexity index is 1520. The Morgan fingerprint density at radius 2 is 0.976 bits per heavy atom. The molecule has 0 aromatic heterocycles. The van der Waals surface area contributed by atoms with Crippen molar-refractivity contribution in [2.45, 2.75) is 54.8 Å². The van der Waals surface area contributed by atoms with Gasteiger partial charge in [0.2, 0.25) is 18.2 Å². The second-order valence-electron chi connectivity index (χ2n) is 10.5.